The summed E-state index contributed by atoms with van der Waals surface area (Å²) in [5, 5.41) is 2.71. The van der Waals surface area contributed by atoms with Gasteiger partial charge in [0, 0.05) is 24.3 Å². The summed E-state index contributed by atoms with van der Waals surface area (Å²) in [6, 6.07) is 8.57. The number of esters is 1. The average molecular weight is 381 g/mol. The van der Waals surface area contributed by atoms with Crippen molar-refractivity contribution in [2.45, 2.75) is 25.4 Å². The molecule has 0 saturated heterocycles. The molecule has 1 aromatic heterocycles. The van der Waals surface area contributed by atoms with Gasteiger partial charge in [-0.05, 0) is 42.7 Å². The van der Waals surface area contributed by atoms with Gasteiger partial charge in [0.1, 0.15) is 11.4 Å². The number of hydrogen-bond donors (Lipinski definition) is 1. The van der Waals surface area contributed by atoms with Crippen molar-refractivity contribution in [1.29, 1.82) is 0 Å². The van der Waals surface area contributed by atoms with Gasteiger partial charge in [-0.15, -0.1) is 0 Å². The minimum Gasteiger partial charge on any atom is -0.482 e. The maximum Gasteiger partial charge on any atom is 0.356 e. The van der Waals surface area contributed by atoms with Crippen LogP contribution in [0.2, 0.25) is 0 Å². The van der Waals surface area contributed by atoms with Gasteiger partial charge in [0.05, 0.1) is 12.8 Å². The Bertz CT molecular complexity index is 937. The molecule has 1 N–H and O–H groups in total. The number of carbonyl (C=O) groups excluding carboxylic acids is 3. The monoisotopic (exact) mass is 381 g/mol. The first-order chi connectivity index (χ1) is 13.5. The van der Waals surface area contributed by atoms with E-state index in [0.717, 1.165) is 18.4 Å². The van der Waals surface area contributed by atoms with Crippen molar-refractivity contribution in [1.82, 2.24) is 9.88 Å². The third-order valence-corrected chi connectivity index (χ3v) is 4.68. The predicted molar refractivity (Wildman–Crippen MR) is 99.0 cm³/mol. The SMILES string of the molecule is COC(=O)c1ccc(CN(C(=O)c2ccc3c(c2)OCC(=O)N3)C2CC2)cn1. The molecule has 2 amide bonds. The number of benzene rings is 1. The Balaban J connectivity index is 1.53. The lowest BCUT2D eigenvalue weighted by molar-refractivity contribution is -0.118. The fourth-order valence-electron chi connectivity index (χ4n) is 3.07. The highest BCUT2D eigenvalue weighted by atomic mass is 16.5. The molecule has 1 aliphatic heterocycles. The van der Waals surface area contributed by atoms with Gasteiger partial charge in [0.25, 0.3) is 11.8 Å². The van der Waals surface area contributed by atoms with Gasteiger partial charge in [-0.2, -0.15) is 0 Å². The standard InChI is InChI=1S/C20H19N3O5/c1-27-20(26)16-6-2-12(9-21-16)10-23(14-4-5-14)19(25)13-3-7-15-17(8-13)28-11-18(24)22-15/h2-3,6-9,14H,4-5,10-11H2,1H3,(H,22,24). The predicted octanol–water partition coefficient (Wildman–Crippen LogP) is 2.00. The number of nitrogens with zero attached hydrogens (tertiary/aromatic N) is 2. The summed E-state index contributed by atoms with van der Waals surface area (Å²) >= 11 is 0. The van der Waals surface area contributed by atoms with Crippen molar-refractivity contribution < 1.29 is 23.9 Å². The lowest BCUT2D eigenvalue weighted by Gasteiger charge is -2.24. The number of rotatable bonds is 5. The van der Waals surface area contributed by atoms with Gasteiger partial charge >= 0.3 is 5.97 Å². The Morgan fingerprint density at radius 2 is 2.11 bits per heavy atom. The number of hydrogen-bond acceptors (Lipinski definition) is 6. The fraction of sp³-hybridized carbons (Fsp3) is 0.300. The number of pyridine rings is 1. The quantitative estimate of drug-likeness (QED) is 0.796. The number of ether oxygens (including phenoxy) is 2. The first kappa shape index (κ1) is 18.0. The summed E-state index contributed by atoms with van der Waals surface area (Å²) < 4.78 is 10.1. The third-order valence-electron chi connectivity index (χ3n) is 4.68. The van der Waals surface area contributed by atoms with E-state index in [2.05, 4.69) is 15.0 Å². The van der Waals surface area contributed by atoms with Crippen LogP contribution in [0.3, 0.4) is 0 Å². The molecule has 2 aromatic rings. The first-order valence-electron chi connectivity index (χ1n) is 8.96. The Hall–Kier alpha value is -3.42. The molecule has 8 nitrogen and oxygen atoms in total. The second-order valence-electron chi connectivity index (χ2n) is 6.76. The third kappa shape index (κ3) is 3.66. The molecule has 0 radical (unpaired) electrons. The molecule has 4 rings (SSSR count). The van der Waals surface area contributed by atoms with Crippen LogP contribution in [0, 0.1) is 0 Å². The molecule has 144 valence electrons. The van der Waals surface area contributed by atoms with Crippen LogP contribution in [0.1, 0.15) is 39.3 Å². The van der Waals surface area contributed by atoms with Gasteiger partial charge in [-0.1, -0.05) is 6.07 Å². The summed E-state index contributed by atoms with van der Waals surface area (Å²) in [7, 11) is 1.30. The summed E-state index contributed by atoms with van der Waals surface area (Å²) in [6.07, 6.45) is 3.49. The summed E-state index contributed by atoms with van der Waals surface area (Å²) in [4.78, 5) is 41.9. The highest BCUT2D eigenvalue weighted by molar-refractivity contribution is 5.99. The number of carbonyl (C=O) groups is 3. The summed E-state index contributed by atoms with van der Waals surface area (Å²) in [5.74, 6) is -0.329. The summed E-state index contributed by atoms with van der Waals surface area (Å²) in [6.45, 7) is 0.335. The average Bonchev–Trinajstić information content (AvgIpc) is 3.56. The Morgan fingerprint density at radius 1 is 1.29 bits per heavy atom. The van der Waals surface area contributed by atoms with Gasteiger partial charge in [0.2, 0.25) is 0 Å². The molecular weight excluding hydrogens is 362 g/mol. The van der Waals surface area contributed by atoms with Crippen LogP contribution in [0.15, 0.2) is 36.5 Å². The topological polar surface area (TPSA) is 97.8 Å². The van der Waals surface area contributed by atoms with Crippen LogP contribution in [-0.2, 0) is 16.1 Å². The van der Waals surface area contributed by atoms with Crippen molar-refractivity contribution in [3.63, 3.8) is 0 Å². The van der Waals surface area contributed by atoms with E-state index in [-0.39, 0.29) is 30.2 Å². The molecular formula is C20H19N3O5. The molecule has 8 heteroatoms. The number of methoxy groups -OCH3 is 1. The van der Waals surface area contributed by atoms with Crippen LogP contribution in [-0.4, -0.2) is 47.4 Å². The maximum atomic E-state index is 13.1. The highest BCUT2D eigenvalue weighted by Gasteiger charge is 2.33. The lowest BCUT2D eigenvalue weighted by atomic mass is 10.1. The number of nitrogens with one attached hydrogen (secondary N) is 1. The minimum atomic E-state index is -0.497. The first-order valence-corrected chi connectivity index (χ1v) is 8.96. The minimum absolute atomic E-state index is 0.0603. The van der Waals surface area contributed by atoms with Crippen LogP contribution < -0.4 is 10.1 Å². The molecule has 1 saturated carbocycles. The van der Waals surface area contributed by atoms with Crippen molar-refractivity contribution in [2.75, 3.05) is 19.0 Å². The molecule has 1 fully saturated rings. The van der Waals surface area contributed by atoms with E-state index in [1.165, 1.54) is 7.11 Å². The number of fused-ring (bicyclic) bond motifs is 1. The normalized spacial score (nSPS) is 15.1. The Morgan fingerprint density at radius 3 is 2.79 bits per heavy atom. The lowest BCUT2D eigenvalue weighted by Crippen LogP contribution is -2.33. The summed E-state index contributed by atoms with van der Waals surface area (Å²) in [5.41, 5.74) is 2.12. The van der Waals surface area contributed by atoms with Crippen molar-refractivity contribution >= 4 is 23.5 Å². The van der Waals surface area contributed by atoms with E-state index in [1.807, 2.05) is 0 Å². The number of amides is 2. The molecule has 2 aliphatic rings. The fourth-order valence-corrected chi connectivity index (χ4v) is 3.07. The molecule has 0 unspecified atom stereocenters. The maximum absolute atomic E-state index is 13.1. The van der Waals surface area contributed by atoms with Crippen LogP contribution in [0.25, 0.3) is 0 Å². The highest BCUT2D eigenvalue weighted by Crippen LogP contribution is 2.33. The smallest absolute Gasteiger partial charge is 0.356 e. The number of aromatic nitrogens is 1. The molecule has 28 heavy (non-hydrogen) atoms. The molecule has 0 atom stereocenters. The largest absolute Gasteiger partial charge is 0.482 e. The van der Waals surface area contributed by atoms with E-state index in [4.69, 9.17) is 4.74 Å². The van der Waals surface area contributed by atoms with Gasteiger partial charge in [-0.3, -0.25) is 9.59 Å². The number of anilines is 1. The molecule has 0 spiro atoms. The van der Waals surface area contributed by atoms with Crippen LogP contribution in [0.4, 0.5) is 5.69 Å². The Labute approximate surface area is 161 Å². The zero-order valence-electron chi connectivity index (χ0n) is 15.3. The van der Waals surface area contributed by atoms with Gasteiger partial charge in [0.15, 0.2) is 6.61 Å². The zero-order valence-corrected chi connectivity index (χ0v) is 15.3. The Kier molecular flexibility index (Phi) is 4.68. The molecule has 2 heterocycles. The second kappa shape index (κ2) is 7.30. The second-order valence-corrected chi connectivity index (χ2v) is 6.76. The van der Waals surface area contributed by atoms with Crippen molar-refractivity contribution in [3.05, 3.63) is 53.3 Å². The van der Waals surface area contributed by atoms with Crippen LogP contribution >= 0.6 is 0 Å². The molecule has 0 bridgehead atoms. The van der Waals surface area contributed by atoms with E-state index >= 15 is 0 Å². The van der Waals surface area contributed by atoms with Crippen molar-refractivity contribution in [2.24, 2.45) is 0 Å². The van der Waals surface area contributed by atoms with E-state index in [1.54, 1.807) is 41.4 Å². The molecule has 1 aromatic carbocycles. The zero-order chi connectivity index (χ0) is 19.7. The van der Waals surface area contributed by atoms with Crippen molar-refractivity contribution in [3.8, 4) is 5.75 Å². The van der Waals surface area contributed by atoms with Crippen LogP contribution in [0.5, 0.6) is 5.75 Å². The van der Waals surface area contributed by atoms with Gasteiger partial charge in [-0.25, -0.2) is 9.78 Å². The van der Waals surface area contributed by atoms with E-state index in [9.17, 15) is 14.4 Å². The molecule has 1 aliphatic carbocycles. The van der Waals surface area contributed by atoms with E-state index in [0.29, 0.717) is 23.5 Å². The van der Waals surface area contributed by atoms with E-state index < -0.39 is 5.97 Å². The van der Waals surface area contributed by atoms with Gasteiger partial charge < -0.3 is 19.7 Å².